The fourth-order valence-electron chi connectivity index (χ4n) is 2.13. The number of hydrogen-bond donors (Lipinski definition) is 1. The Hall–Kier alpha value is -0.930. The van der Waals surface area contributed by atoms with Crippen LogP contribution in [0.2, 0.25) is 0 Å². The van der Waals surface area contributed by atoms with Gasteiger partial charge in [0.1, 0.15) is 5.82 Å². The van der Waals surface area contributed by atoms with Gasteiger partial charge in [0, 0.05) is 19.1 Å². The van der Waals surface area contributed by atoms with Crippen molar-refractivity contribution >= 4 is 0 Å². The third-order valence-electron chi connectivity index (χ3n) is 3.22. The second kappa shape index (κ2) is 8.22. The fourth-order valence-corrected chi connectivity index (χ4v) is 2.13. The summed E-state index contributed by atoms with van der Waals surface area (Å²) < 4.78 is 12.8. The standard InChI is InChI=1S/C15H25FN2/c1-4-6-15(11-17-5-2)18(3)12-13-7-9-14(16)10-8-13/h7-10,15,17H,4-6,11-12H2,1-3H3. The molecule has 0 heterocycles. The number of benzene rings is 1. The van der Waals surface area contributed by atoms with E-state index in [2.05, 4.69) is 31.1 Å². The van der Waals surface area contributed by atoms with Gasteiger partial charge in [-0.3, -0.25) is 4.90 Å². The molecule has 1 rings (SSSR count). The lowest BCUT2D eigenvalue weighted by molar-refractivity contribution is 0.215. The van der Waals surface area contributed by atoms with E-state index in [0.29, 0.717) is 6.04 Å². The Bertz CT molecular complexity index is 324. The van der Waals surface area contributed by atoms with E-state index in [-0.39, 0.29) is 5.82 Å². The van der Waals surface area contributed by atoms with E-state index in [9.17, 15) is 4.39 Å². The van der Waals surface area contributed by atoms with Gasteiger partial charge in [0.15, 0.2) is 0 Å². The predicted molar refractivity (Wildman–Crippen MR) is 75.1 cm³/mol. The monoisotopic (exact) mass is 252 g/mol. The maximum absolute atomic E-state index is 12.8. The first-order valence-corrected chi connectivity index (χ1v) is 6.82. The molecule has 1 N–H and O–H groups in total. The molecule has 1 unspecified atom stereocenters. The molecule has 0 aliphatic carbocycles. The van der Waals surface area contributed by atoms with Gasteiger partial charge in [-0.05, 0) is 37.7 Å². The van der Waals surface area contributed by atoms with Crippen molar-refractivity contribution in [2.24, 2.45) is 0 Å². The van der Waals surface area contributed by atoms with Crippen molar-refractivity contribution in [1.29, 1.82) is 0 Å². The smallest absolute Gasteiger partial charge is 0.123 e. The van der Waals surface area contributed by atoms with Gasteiger partial charge in [0.05, 0.1) is 0 Å². The SMILES string of the molecule is CCCC(CNCC)N(C)Cc1ccc(F)cc1. The molecule has 0 bridgehead atoms. The number of halogens is 1. The molecule has 0 radical (unpaired) electrons. The van der Waals surface area contributed by atoms with Gasteiger partial charge in [-0.1, -0.05) is 32.4 Å². The minimum absolute atomic E-state index is 0.167. The summed E-state index contributed by atoms with van der Waals surface area (Å²) in [6, 6.07) is 7.33. The highest BCUT2D eigenvalue weighted by Crippen LogP contribution is 2.10. The zero-order chi connectivity index (χ0) is 13.4. The third kappa shape index (κ3) is 5.15. The van der Waals surface area contributed by atoms with Crippen LogP contribution >= 0.6 is 0 Å². The van der Waals surface area contributed by atoms with Crippen molar-refractivity contribution in [2.75, 3.05) is 20.1 Å². The topological polar surface area (TPSA) is 15.3 Å². The molecule has 0 aliphatic heterocycles. The molecule has 1 aromatic carbocycles. The van der Waals surface area contributed by atoms with Crippen LogP contribution in [0.1, 0.15) is 32.3 Å². The summed E-state index contributed by atoms with van der Waals surface area (Å²) in [6.45, 7) is 7.23. The summed E-state index contributed by atoms with van der Waals surface area (Å²) >= 11 is 0. The average molecular weight is 252 g/mol. The van der Waals surface area contributed by atoms with Gasteiger partial charge in [-0.25, -0.2) is 4.39 Å². The van der Waals surface area contributed by atoms with Crippen LogP contribution in [0, 0.1) is 5.82 Å². The highest BCUT2D eigenvalue weighted by Gasteiger charge is 2.13. The Labute approximate surface area is 110 Å². The van der Waals surface area contributed by atoms with Crippen LogP contribution in [0.5, 0.6) is 0 Å². The number of hydrogen-bond acceptors (Lipinski definition) is 2. The highest BCUT2D eigenvalue weighted by atomic mass is 19.1. The van der Waals surface area contributed by atoms with Gasteiger partial charge in [-0.2, -0.15) is 0 Å². The minimum Gasteiger partial charge on any atom is -0.315 e. The Morgan fingerprint density at radius 2 is 1.89 bits per heavy atom. The Morgan fingerprint density at radius 3 is 2.44 bits per heavy atom. The first-order chi connectivity index (χ1) is 8.67. The molecule has 18 heavy (non-hydrogen) atoms. The van der Waals surface area contributed by atoms with Crippen molar-refractivity contribution < 1.29 is 4.39 Å². The van der Waals surface area contributed by atoms with Gasteiger partial charge in [-0.15, -0.1) is 0 Å². The van der Waals surface area contributed by atoms with Crippen LogP contribution in [0.25, 0.3) is 0 Å². The Morgan fingerprint density at radius 1 is 1.22 bits per heavy atom. The summed E-state index contributed by atoms with van der Waals surface area (Å²) in [4.78, 5) is 2.35. The van der Waals surface area contributed by atoms with Gasteiger partial charge >= 0.3 is 0 Å². The Kier molecular flexibility index (Phi) is 6.91. The molecule has 0 aliphatic rings. The van der Waals surface area contributed by atoms with Crippen molar-refractivity contribution in [3.8, 4) is 0 Å². The summed E-state index contributed by atoms with van der Waals surface area (Å²) in [6.07, 6.45) is 2.37. The predicted octanol–water partition coefficient (Wildman–Crippen LogP) is 3.04. The molecule has 1 atom stereocenters. The summed E-state index contributed by atoms with van der Waals surface area (Å²) in [5.41, 5.74) is 1.16. The lowest BCUT2D eigenvalue weighted by Crippen LogP contribution is -2.39. The van der Waals surface area contributed by atoms with E-state index in [1.54, 1.807) is 0 Å². The van der Waals surface area contributed by atoms with Crippen LogP contribution in [0.3, 0.4) is 0 Å². The van der Waals surface area contributed by atoms with Gasteiger partial charge < -0.3 is 5.32 Å². The highest BCUT2D eigenvalue weighted by molar-refractivity contribution is 5.15. The molecule has 0 spiro atoms. The molecule has 0 saturated heterocycles. The third-order valence-corrected chi connectivity index (χ3v) is 3.22. The molecule has 0 amide bonds. The van der Waals surface area contributed by atoms with E-state index in [0.717, 1.165) is 25.2 Å². The summed E-state index contributed by atoms with van der Waals surface area (Å²) in [7, 11) is 2.14. The van der Waals surface area contributed by atoms with Crippen LogP contribution < -0.4 is 5.32 Å². The fraction of sp³-hybridized carbons (Fsp3) is 0.600. The van der Waals surface area contributed by atoms with Crippen LogP contribution in [-0.4, -0.2) is 31.1 Å². The van der Waals surface area contributed by atoms with Gasteiger partial charge in [0.2, 0.25) is 0 Å². The van der Waals surface area contributed by atoms with Crippen LogP contribution in [-0.2, 0) is 6.54 Å². The molecule has 102 valence electrons. The van der Waals surface area contributed by atoms with Crippen LogP contribution in [0.15, 0.2) is 24.3 Å². The van der Waals surface area contributed by atoms with Crippen molar-refractivity contribution in [2.45, 2.75) is 39.3 Å². The van der Waals surface area contributed by atoms with E-state index in [4.69, 9.17) is 0 Å². The quantitative estimate of drug-likeness (QED) is 0.765. The molecule has 0 aromatic heterocycles. The summed E-state index contributed by atoms with van der Waals surface area (Å²) in [5.74, 6) is -0.167. The van der Waals surface area contributed by atoms with Crippen molar-refractivity contribution in [3.05, 3.63) is 35.6 Å². The zero-order valence-corrected chi connectivity index (χ0v) is 11.7. The van der Waals surface area contributed by atoms with Crippen molar-refractivity contribution in [1.82, 2.24) is 10.2 Å². The van der Waals surface area contributed by atoms with E-state index in [1.165, 1.54) is 25.0 Å². The van der Waals surface area contributed by atoms with Gasteiger partial charge in [0.25, 0.3) is 0 Å². The Balaban J connectivity index is 2.53. The van der Waals surface area contributed by atoms with Crippen LogP contribution in [0.4, 0.5) is 4.39 Å². The molecular weight excluding hydrogens is 227 g/mol. The van der Waals surface area contributed by atoms with E-state index < -0.39 is 0 Å². The molecule has 0 fully saturated rings. The maximum Gasteiger partial charge on any atom is 0.123 e. The molecule has 1 aromatic rings. The van der Waals surface area contributed by atoms with E-state index in [1.807, 2.05) is 12.1 Å². The lowest BCUT2D eigenvalue weighted by Gasteiger charge is -2.28. The number of nitrogens with zero attached hydrogens (tertiary/aromatic N) is 1. The van der Waals surface area contributed by atoms with Crippen molar-refractivity contribution in [3.63, 3.8) is 0 Å². The normalized spacial score (nSPS) is 12.9. The summed E-state index contributed by atoms with van der Waals surface area (Å²) in [5, 5.41) is 3.41. The number of nitrogens with one attached hydrogen (secondary N) is 1. The second-order valence-corrected chi connectivity index (χ2v) is 4.79. The largest absolute Gasteiger partial charge is 0.315 e. The molecule has 3 heteroatoms. The first kappa shape index (κ1) is 15.1. The first-order valence-electron chi connectivity index (χ1n) is 6.82. The van der Waals surface area contributed by atoms with E-state index >= 15 is 0 Å². The lowest BCUT2D eigenvalue weighted by atomic mass is 10.1. The average Bonchev–Trinajstić information content (AvgIpc) is 2.37. The molecule has 2 nitrogen and oxygen atoms in total. The second-order valence-electron chi connectivity index (χ2n) is 4.79. The minimum atomic E-state index is -0.167. The number of rotatable bonds is 8. The molecule has 0 saturated carbocycles. The number of likely N-dealkylation sites (N-methyl/N-ethyl adjacent to an activating group) is 2. The zero-order valence-electron chi connectivity index (χ0n) is 11.7. The molecular formula is C15H25FN2. The maximum atomic E-state index is 12.8.